The van der Waals surface area contributed by atoms with Crippen molar-refractivity contribution in [1.29, 1.82) is 0 Å². The highest BCUT2D eigenvalue weighted by Crippen LogP contribution is 2.19. The number of aryl methyl sites for hydroxylation is 1. The second-order valence-electron chi connectivity index (χ2n) is 4.56. The molecule has 0 atom stereocenters. The third-order valence-corrected chi connectivity index (χ3v) is 3.96. The van der Waals surface area contributed by atoms with E-state index >= 15 is 0 Å². The lowest BCUT2D eigenvalue weighted by molar-refractivity contribution is -0.131. The molecule has 0 radical (unpaired) electrons. The van der Waals surface area contributed by atoms with Crippen LogP contribution >= 0.6 is 23.8 Å². The number of nitrogens with zero attached hydrogens (tertiary/aromatic N) is 2. The summed E-state index contributed by atoms with van der Waals surface area (Å²) in [5.74, 6) is 0.153. The van der Waals surface area contributed by atoms with E-state index in [9.17, 15) is 4.79 Å². The van der Waals surface area contributed by atoms with E-state index in [-0.39, 0.29) is 5.91 Å². The SMILES string of the molecule is CCN(CC)C(=O)CCn1c(=S)[nH]c2cc(Cl)ccc21. The van der Waals surface area contributed by atoms with Crippen molar-refractivity contribution in [1.82, 2.24) is 14.5 Å². The van der Waals surface area contributed by atoms with Crippen molar-refractivity contribution in [2.75, 3.05) is 13.1 Å². The standard InChI is InChI=1S/C14H18ClN3OS/c1-3-17(4-2)13(19)7-8-18-12-6-5-10(15)9-11(12)16-14(18)20/h5-6,9H,3-4,7-8H2,1-2H3,(H,16,20). The fourth-order valence-electron chi connectivity index (χ4n) is 2.30. The lowest BCUT2D eigenvalue weighted by Crippen LogP contribution is -2.31. The molecule has 1 N–H and O–H groups in total. The van der Waals surface area contributed by atoms with Gasteiger partial charge in [-0.05, 0) is 44.3 Å². The number of nitrogens with one attached hydrogen (secondary N) is 1. The van der Waals surface area contributed by atoms with Crippen LogP contribution in [0.2, 0.25) is 5.02 Å². The topological polar surface area (TPSA) is 41.0 Å². The van der Waals surface area contributed by atoms with Crippen molar-refractivity contribution >= 4 is 40.8 Å². The maximum Gasteiger partial charge on any atom is 0.224 e. The quantitative estimate of drug-likeness (QED) is 0.857. The fraction of sp³-hybridized carbons (Fsp3) is 0.429. The summed E-state index contributed by atoms with van der Waals surface area (Å²) in [6, 6.07) is 5.59. The first-order valence-corrected chi connectivity index (χ1v) is 7.51. The Morgan fingerprint density at radius 2 is 2.10 bits per heavy atom. The van der Waals surface area contributed by atoms with Gasteiger partial charge in [-0.15, -0.1) is 0 Å². The van der Waals surface area contributed by atoms with Gasteiger partial charge in [0.1, 0.15) is 0 Å². The lowest BCUT2D eigenvalue weighted by atomic mass is 10.3. The number of aromatic amines is 1. The average Bonchev–Trinajstić information content (AvgIpc) is 2.72. The molecule has 0 spiro atoms. The molecule has 108 valence electrons. The number of hydrogen-bond acceptors (Lipinski definition) is 2. The molecule has 0 saturated carbocycles. The maximum absolute atomic E-state index is 12.0. The predicted molar refractivity (Wildman–Crippen MR) is 84.7 cm³/mol. The summed E-state index contributed by atoms with van der Waals surface area (Å²) in [7, 11) is 0. The van der Waals surface area contributed by atoms with E-state index in [1.165, 1.54) is 0 Å². The molecule has 0 fully saturated rings. The predicted octanol–water partition coefficient (Wildman–Crippen LogP) is 3.61. The van der Waals surface area contributed by atoms with Gasteiger partial charge in [-0.3, -0.25) is 4.79 Å². The zero-order valence-electron chi connectivity index (χ0n) is 11.6. The molecule has 0 aliphatic rings. The van der Waals surface area contributed by atoms with Crippen LogP contribution in [-0.4, -0.2) is 33.4 Å². The van der Waals surface area contributed by atoms with Gasteiger partial charge in [-0.25, -0.2) is 0 Å². The number of rotatable bonds is 5. The first-order chi connectivity index (χ1) is 9.56. The van der Waals surface area contributed by atoms with Crippen LogP contribution in [0.25, 0.3) is 11.0 Å². The molecular weight excluding hydrogens is 294 g/mol. The maximum atomic E-state index is 12.0. The Kier molecular flexibility index (Phi) is 4.83. The van der Waals surface area contributed by atoms with E-state index in [0.717, 1.165) is 24.1 Å². The molecule has 2 rings (SSSR count). The molecule has 1 amide bonds. The van der Waals surface area contributed by atoms with Gasteiger partial charge in [0.05, 0.1) is 11.0 Å². The third kappa shape index (κ3) is 3.04. The van der Waals surface area contributed by atoms with Crippen LogP contribution in [0.15, 0.2) is 18.2 Å². The Balaban J connectivity index is 2.20. The van der Waals surface area contributed by atoms with Gasteiger partial charge in [0.15, 0.2) is 4.77 Å². The second-order valence-corrected chi connectivity index (χ2v) is 5.38. The van der Waals surface area contributed by atoms with Crippen molar-refractivity contribution in [2.24, 2.45) is 0 Å². The number of hydrogen-bond donors (Lipinski definition) is 1. The van der Waals surface area contributed by atoms with E-state index in [1.807, 2.05) is 41.5 Å². The number of carbonyl (C=O) groups is 1. The summed E-state index contributed by atoms with van der Waals surface area (Å²) in [6.07, 6.45) is 0.450. The van der Waals surface area contributed by atoms with Crippen LogP contribution in [0.5, 0.6) is 0 Å². The summed E-state index contributed by atoms with van der Waals surface area (Å²) >= 11 is 11.3. The Morgan fingerprint density at radius 1 is 1.40 bits per heavy atom. The van der Waals surface area contributed by atoms with Gasteiger partial charge in [0, 0.05) is 31.1 Å². The van der Waals surface area contributed by atoms with E-state index < -0.39 is 0 Å². The molecule has 0 aliphatic carbocycles. The summed E-state index contributed by atoms with van der Waals surface area (Å²) in [5.41, 5.74) is 1.88. The number of carbonyl (C=O) groups excluding carboxylic acids is 1. The molecule has 20 heavy (non-hydrogen) atoms. The number of fused-ring (bicyclic) bond motifs is 1. The number of aromatic nitrogens is 2. The van der Waals surface area contributed by atoms with Crippen LogP contribution in [0.4, 0.5) is 0 Å². The largest absolute Gasteiger partial charge is 0.343 e. The Morgan fingerprint density at radius 3 is 2.75 bits per heavy atom. The van der Waals surface area contributed by atoms with Crippen molar-refractivity contribution in [3.8, 4) is 0 Å². The van der Waals surface area contributed by atoms with Crippen molar-refractivity contribution in [3.05, 3.63) is 28.0 Å². The molecule has 2 aromatic rings. The molecule has 1 heterocycles. The minimum atomic E-state index is 0.153. The average molecular weight is 312 g/mol. The minimum Gasteiger partial charge on any atom is -0.343 e. The van der Waals surface area contributed by atoms with Gasteiger partial charge in [-0.1, -0.05) is 11.6 Å². The highest BCUT2D eigenvalue weighted by molar-refractivity contribution is 7.71. The molecule has 0 bridgehead atoms. The Hall–Kier alpha value is -1.33. The Bertz CT molecular complexity index is 673. The highest BCUT2D eigenvalue weighted by Gasteiger charge is 2.11. The molecule has 0 aliphatic heterocycles. The van der Waals surface area contributed by atoms with Crippen LogP contribution < -0.4 is 0 Å². The molecule has 1 aromatic carbocycles. The third-order valence-electron chi connectivity index (χ3n) is 3.40. The molecule has 0 saturated heterocycles. The monoisotopic (exact) mass is 311 g/mol. The first-order valence-electron chi connectivity index (χ1n) is 6.72. The number of amides is 1. The van der Waals surface area contributed by atoms with Crippen molar-refractivity contribution in [3.63, 3.8) is 0 Å². The van der Waals surface area contributed by atoms with E-state index in [4.69, 9.17) is 23.8 Å². The molecule has 4 nitrogen and oxygen atoms in total. The Labute approximate surface area is 128 Å². The van der Waals surface area contributed by atoms with Gasteiger partial charge in [0.25, 0.3) is 0 Å². The van der Waals surface area contributed by atoms with Crippen LogP contribution in [0.1, 0.15) is 20.3 Å². The minimum absolute atomic E-state index is 0.153. The van der Waals surface area contributed by atoms with Crippen molar-refractivity contribution in [2.45, 2.75) is 26.8 Å². The normalized spacial score (nSPS) is 10.9. The van der Waals surface area contributed by atoms with E-state index in [0.29, 0.717) is 22.8 Å². The van der Waals surface area contributed by atoms with Gasteiger partial charge in [0.2, 0.25) is 5.91 Å². The fourth-order valence-corrected chi connectivity index (χ4v) is 2.77. The lowest BCUT2D eigenvalue weighted by Gasteiger charge is -2.18. The van der Waals surface area contributed by atoms with Crippen molar-refractivity contribution < 1.29 is 4.79 Å². The van der Waals surface area contributed by atoms with Gasteiger partial charge in [-0.2, -0.15) is 0 Å². The second kappa shape index (κ2) is 6.41. The van der Waals surface area contributed by atoms with E-state index in [1.54, 1.807) is 0 Å². The van der Waals surface area contributed by atoms with Crippen LogP contribution in [0, 0.1) is 4.77 Å². The van der Waals surface area contributed by atoms with Crippen LogP contribution in [0.3, 0.4) is 0 Å². The zero-order valence-corrected chi connectivity index (χ0v) is 13.2. The molecule has 1 aromatic heterocycles. The smallest absolute Gasteiger partial charge is 0.224 e. The summed E-state index contributed by atoms with van der Waals surface area (Å²) in [6.45, 7) is 6.03. The van der Waals surface area contributed by atoms with Gasteiger partial charge < -0.3 is 14.5 Å². The number of halogens is 1. The summed E-state index contributed by atoms with van der Waals surface area (Å²) in [5, 5.41) is 0.667. The van der Waals surface area contributed by atoms with Gasteiger partial charge >= 0.3 is 0 Å². The summed E-state index contributed by atoms with van der Waals surface area (Å²) in [4.78, 5) is 17.0. The number of benzene rings is 1. The molecule has 0 unspecified atom stereocenters. The number of imidazole rings is 1. The summed E-state index contributed by atoms with van der Waals surface area (Å²) < 4.78 is 2.57. The highest BCUT2D eigenvalue weighted by atomic mass is 35.5. The number of H-pyrrole nitrogens is 1. The molecular formula is C14H18ClN3OS. The van der Waals surface area contributed by atoms with Crippen LogP contribution in [-0.2, 0) is 11.3 Å². The zero-order chi connectivity index (χ0) is 14.7. The first kappa shape index (κ1) is 15.1. The molecule has 6 heteroatoms. The van der Waals surface area contributed by atoms with E-state index in [2.05, 4.69) is 4.98 Å².